The first-order valence-corrected chi connectivity index (χ1v) is 9.99. The number of morpholine rings is 1. The molecule has 0 aliphatic carbocycles. The zero-order chi connectivity index (χ0) is 20.1. The zero-order valence-corrected chi connectivity index (χ0v) is 16.6. The lowest BCUT2D eigenvalue weighted by Crippen LogP contribution is -2.40. The number of nitrogens with zero attached hydrogens (tertiary/aromatic N) is 1. The van der Waals surface area contributed by atoms with Crippen molar-refractivity contribution in [2.45, 2.75) is 13.5 Å². The molecule has 1 aliphatic rings. The largest absolute Gasteiger partial charge is 0.493 e. The molecule has 1 fully saturated rings. The summed E-state index contributed by atoms with van der Waals surface area (Å²) >= 11 is 0. The van der Waals surface area contributed by atoms with Gasteiger partial charge < -0.3 is 19.1 Å². The van der Waals surface area contributed by atoms with Crippen LogP contribution in [-0.2, 0) is 11.3 Å². The quantitative estimate of drug-likeness (QED) is 0.629. The predicted octanol–water partition coefficient (Wildman–Crippen LogP) is 4.29. The number of hydrogen-bond donors (Lipinski definition) is 0. The molecule has 0 aromatic heterocycles. The second kappa shape index (κ2) is 8.97. The fraction of sp³-hybridized carbons (Fsp3) is 0.292. The van der Waals surface area contributed by atoms with Crippen LogP contribution in [0.2, 0.25) is 0 Å². The predicted molar refractivity (Wildman–Crippen MR) is 113 cm³/mol. The van der Waals surface area contributed by atoms with Crippen LogP contribution in [0.3, 0.4) is 0 Å². The molecule has 0 atom stereocenters. The Labute approximate surface area is 170 Å². The number of benzene rings is 3. The number of hydrogen-bond acceptors (Lipinski definition) is 4. The summed E-state index contributed by atoms with van der Waals surface area (Å²) < 4.78 is 17.3. The van der Waals surface area contributed by atoms with Crippen LogP contribution < -0.4 is 9.47 Å². The molecule has 5 nitrogen and oxygen atoms in total. The molecule has 4 rings (SSSR count). The second-order valence-electron chi connectivity index (χ2n) is 6.93. The van der Waals surface area contributed by atoms with Gasteiger partial charge in [-0.05, 0) is 36.6 Å². The third-order valence-corrected chi connectivity index (χ3v) is 5.04. The number of carbonyl (C=O) groups is 1. The minimum absolute atomic E-state index is 0.0164. The topological polar surface area (TPSA) is 48.0 Å². The van der Waals surface area contributed by atoms with Crippen LogP contribution in [0, 0.1) is 0 Å². The number of carbonyl (C=O) groups excluding carboxylic acids is 1. The lowest BCUT2D eigenvalue weighted by Gasteiger charge is -2.27. The van der Waals surface area contributed by atoms with Crippen molar-refractivity contribution in [3.63, 3.8) is 0 Å². The van der Waals surface area contributed by atoms with Gasteiger partial charge in [-0.25, -0.2) is 0 Å². The van der Waals surface area contributed by atoms with Gasteiger partial charge in [0, 0.05) is 29.6 Å². The van der Waals surface area contributed by atoms with Gasteiger partial charge in [-0.1, -0.05) is 36.4 Å². The Bertz CT molecular complexity index is 990. The Morgan fingerprint density at radius 3 is 2.59 bits per heavy atom. The Balaban J connectivity index is 1.58. The van der Waals surface area contributed by atoms with Crippen molar-refractivity contribution in [3.05, 3.63) is 71.8 Å². The summed E-state index contributed by atoms with van der Waals surface area (Å²) in [6, 6.07) is 19.7. The van der Waals surface area contributed by atoms with Gasteiger partial charge in [0.05, 0.1) is 19.8 Å². The van der Waals surface area contributed by atoms with E-state index in [1.807, 2.05) is 60.4 Å². The molecule has 0 saturated carbocycles. The lowest BCUT2D eigenvalue weighted by molar-refractivity contribution is 0.0302. The van der Waals surface area contributed by atoms with Gasteiger partial charge >= 0.3 is 0 Å². The van der Waals surface area contributed by atoms with Crippen LogP contribution in [0.4, 0.5) is 0 Å². The van der Waals surface area contributed by atoms with Gasteiger partial charge in [-0.2, -0.15) is 0 Å². The normalized spacial score (nSPS) is 14.0. The van der Waals surface area contributed by atoms with Crippen molar-refractivity contribution in [3.8, 4) is 11.5 Å². The molecule has 1 saturated heterocycles. The molecule has 0 bridgehead atoms. The van der Waals surface area contributed by atoms with E-state index in [2.05, 4.69) is 12.1 Å². The first kappa shape index (κ1) is 19.3. The van der Waals surface area contributed by atoms with E-state index in [1.54, 1.807) is 0 Å². The average molecular weight is 391 g/mol. The molecule has 1 amide bonds. The average Bonchev–Trinajstić information content (AvgIpc) is 2.78. The summed E-state index contributed by atoms with van der Waals surface area (Å²) in [5.41, 5.74) is 1.51. The number of fused-ring (bicyclic) bond motifs is 1. The van der Waals surface area contributed by atoms with E-state index in [9.17, 15) is 4.79 Å². The lowest BCUT2D eigenvalue weighted by atomic mass is 10.1. The summed E-state index contributed by atoms with van der Waals surface area (Å²) in [5.74, 6) is 1.57. The van der Waals surface area contributed by atoms with Crippen molar-refractivity contribution in [2.75, 3.05) is 32.9 Å². The molecule has 5 heteroatoms. The second-order valence-corrected chi connectivity index (χ2v) is 6.93. The van der Waals surface area contributed by atoms with Crippen molar-refractivity contribution < 1.29 is 19.0 Å². The highest BCUT2D eigenvalue weighted by Crippen LogP contribution is 2.28. The molecule has 150 valence electrons. The highest BCUT2D eigenvalue weighted by atomic mass is 16.5. The van der Waals surface area contributed by atoms with Crippen molar-refractivity contribution in [1.29, 1.82) is 0 Å². The first-order valence-electron chi connectivity index (χ1n) is 9.99. The summed E-state index contributed by atoms with van der Waals surface area (Å²) in [6.07, 6.45) is 0. The molecule has 0 unspecified atom stereocenters. The van der Waals surface area contributed by atoms with E-state index in [0.29, 0.717) is 45.1 Å². The minimum atomic E-state index is 0.0164. The summed E-state index contributed by atoms with van der Waals surface area (Å²) in [5, 5.41) is 2.19. The molecule has 1 heterocycles. The Morgan fingerprint density at radius 2 is 1.76 bits per heavy atom. The minimum Gasteiger partial charge on any atom is -0.493 e. The number of amides is 1. The SMILES string of the molecule is CCOc1ccc(C(=O)N2CCOCC2)cc1COc1cccc2ccccc12. The Kier molecular flexibility index (Phi) is 5.96. The maximum Gasteiger partial charge on any atom is 0.254 e. The molecular weight excluding hydrogens is 366 g/mol. The molecule has 3 aromatic carbocycles. The molecule has 3 aromatic rings. The van der Waals surface area contributed by atoms with Crippen LogP contribution in [0.1, 0.15) is 22.8 Å². The molecule has 1 aliphatic heterocycles. The van der Waals surface area contributed by atoms with Crippen LogP contribution in [0.5, 0.6) is 11.5 Å². The van der Waals surface area contributed by atoms with Gasteiger partial charge in [0.25, 0.3) is 5.91 Å². The molecule has 29 heavy (non-hydrogen) atoms. The zero-order valence-electron chi connectivity index (χ0n) is 16.6. The maximum atomic E-state index is 12.9. The molecular formula is C24H25NO4. The summed E-state index contributed by atoms with van der Waals surface area (Å²) in [6.45, 7) is 5.23. The molecule has 0 radical (unpaired) electrons. The van der Waals surface area contributed by atoms with Crippen molar-refractivity contribution >= 4 is 16.7 Å². The van der Waals surface area contributed by atoms with E-state index in [-0.39, 0.29) is 5.91 Å². The van der Waals surface area contributed by atoms with Crippen LogP contribution in [-0.4, -0.2) is 43.7 Å². The van der Waals surface area contributed by atoms with Crippen LogP contribution >= 0.6 is 0 Å². The summed E-state index contributed by atoms with van der Waals surface area (Å²) in [7, 11) is 0. The van der Waals surface area contributed by atoms with Gasteiger partial charge in [0.15, 0.2) is 0 Å². The Hall–Kier alpha value is -3.05. The fourth-order valence-electron chi connectivity index (χ4n) is 3.55. The fourth-order valence-corrected chi connectivity index (χ4v) is 3.55. The number of ether oxygens (including phenoxy) is 3. The van der Waals surface area contributed by atoms with Crippen LogP contribution in [0.15, 0.2) is 60.7 Å². The van der Waals surface area contributed by atoms with E-state index in [1.165, 1.54) is 0 Å². The third-order valence-electron chi connectivity index (χ3n) is 5.04. The Morgan fingerprint density at radius 1 is 0.966 bits per heavy atom. The third kappa shape index (κ3) is 4.35. The van der Waals surface area contributed by atoms with Crippen molar-refractivity contribution in [1.82, 2.24) is 4.90 Å². The van der Waals surface area contributed by atoms with Crippen LogP contribution in [0.25, 0.3) is 10.8 Å². The van der Waals surface area contributed by atoms with Crippen molar-refractivity contribution in [2.24, 2.45) is 0 Å². The highest BCUT2D eigenvalue weighted by molar-refractivity contribution is 5.94. The van der Waals surface area contributed by atoms with E-state index >= 15 is 0 Å². The molecule has 0 spiro atoms. The van der Waals surface area contributed by atoms with E-state index in [4.69, 9.17) is 14.2 Å². The van der Waals surface area contributed by atoms with Gasteiger partial charge in [0.2, 0.25) is 0 Å². The maximum absolute atomic E-state index is 12.9. The van der Waals surface area contributed by atoms with E-state index in [0.717, 1.165) is 27.8 Å². The van der Waals surface area contributed by atoms with Gasteiger partial charge in [-0.3, -0.25) is 4.79 Å². The highest BCUT2D eigenvalue weighted by Gasteiger charge is 2.20. The smallest absolute Gasteiger partial charge is 0.254 e. The monoisotopic (exact) mass is 391 g/mol. The van der Waals surface area contributed by atoms with Gasteiger partial charge in [0.1, 0.15) is 18.1 Å². The molecule has 0 N–H and O–H groups in total. The first-order chi connectivity index (χ1) is 14.3. The standard InChI is InChI=1S/C24H25NO4/c1-2-28-22-11-10-19(24(26)25-12-14-27-15-13-25)16-20(22)17-29-23-9-5-7-18-6-3-4-8-21(18)23/h3-11,16H,2,12-15,17H2,1H3. The van der Waals surface area contributed by atoms with E-state index < -0.39 is 0 Å². The number of rotatable bonds is 6. The summed E-state index contributed by atoms with van der Waals surface area (Å²) in [4.78, 5) is 14.7. The van der Waals surface area contributed by atoms with Gasteiger partial charge in [-0.15, -0.1) is 0 Å².